The first-order valence-corrected chi connectivity index (χ1v) is 9.94. The fourth-order valence-electron chi connectivity index (χ4n) is 3.85. The normalized spacial score (nSPS) is 17.8. The van der Waals surface area contributed by atoms with E-state index in [0.29, 0.717) is 18.6 Å². The molecule has 4 rings (SSSR count). The van der Waals surface area contributed by atoms with E-state index in [1.165, 1.54) is 19.1 Å². The van der Waals surface area contributed by atoms with Crippen LogP contribution in [-0.2, 0) is 6.54 Å². The molecule has 1 atom stereocenters. The number of halogens is 4. The van der Waals surface area contributed by atoms with Gasteiger partial charge in [-0.25, -0.2) is 9.37 Å². The lowest BCUT2D eigenvalue weighted by atomic mass is 9.98. The Kier molecular flexibility index (Phi) is 5.77. The highest BCUT2D eigenvalue weighted by Gasteiger charge is 2.41. The van der Waals surface area contributed by atoms with Crippen molar-refractivity contribution in [1.82, 2.24) is 15.2 Å². The fourth-order valence-corrected chi connectivity index (χ4v) is 3.85. The second kappa shape index (κ2) is 8.36. The van der Waals surface area contributed by atoms with Gasteiger partial charge in [0.1, 0.15) is 17.6 Å². The molecule has 1 saturated heterocycles. The third-order valence-corrected chi connectivity index (χ3v) is 5.45. The van der Waals surface area contributed by atoms with Gasteiger partial charge in [0.25, 0.3) is 0 Å². The van der Waals surface area contributed by atoms with Crippen LogP contribution >= 0.6 is 0 Å². The number of alkyl halides is 3. The maximum Gasteiger partial charge on any atom is 0.405 e. The Hall–Kier alpha value is -2.84. The summed E-state index contributed by atoms with van der Waals surface area (Å²) in [5, 5.41) is 3.30. The van der Waals surface area contributed by atoms with Gasteiger partial charge in [-0.1, -0.05) is 24.3 Å². The van der Waals surface area contributed by atoms with Crippen molar-refractivity contribution in [1.29, 1.82) is 0 Å². The highest BCUT2D eigenvalue weighted by atomic mass is 19.4. The van der Waals surface area contributed by atoms with Crippen LogP contribution in [0.15, 0.2) is 48.5 Å². The van der Waals surface area contributed by atoms with Gasteiger partial charge in [-0.05, 0) is 41.0 Å². The number of aromatic nitrogens is 1. The maximum atomic E-state index is 13.4. The van der Waals surface area contributed by atoms with Crippen molar-refractivity contribution in [3.63, 3.8) is 0 Å². The number of Topliss-reactive ketones (excluding diaryl/α,β-unsaturated/α-hetero) is 1. The number of pyridine rings is 1. The van der Waals surface area contributed by atoms with Crippen molar-refractivity contribution >= 4 is 16.7 Å². The number of nitrogens with zero attached hydrogens (tertiary/aromatic N) is 2. The summed E-state index contributed by atoms with van der Waals surface area (Å²) in [5.41, 5.74) is 3.17. The summed E-state index contributed by atoms with van der Waals surface area (Å²) >= 11 is 0. The number of nitrogens with one attached hydrogen (secondary N) is 1. The summed E-state index contributed by atoms with van der Waals surface area (Å²) < 4.78 is 52.5. The highest BCUT2D eigenvalue weighted by Crippen LogP contribution is 2.30. The molecule has 1 fully saturated rings. The largest absolute Gasteiger partial charge is 0.405 e. The van der Waals surface area contributed by atoms with Gasteiger partial charge < -0.3 is 5.32 Å². The molecule has 4 nitrogen and oxygen atoms in total. The molecule has 1 N–H and O–H groups in total. The molecule has 0 spiro atoms. The van der Waals surface area contributed by atoms with Crippen molar-refractivity contribution in [2.24, 2.45) is 0 Å². The highest BCUT2D eigenvalue weighted by molar-refractivity contribution is 6.01. The summed E-state index contributed by atoms with van der Waals surface area (Å²) in [7, 11) is 0. The third-order valence-electron chi connectivity index (χ3n) is 5.45. The number of hydrogen-bond acceptors (Lipinski definition) is 4. The van der Waals surface area contributed by atoms with Crippen LogP contribution < -0.4 is 5.32 Å². The second-order valence-electron chi connectivity index (χ2n) is 7.75. The number of rotatable bonds is 4. The van der Waals surface area contributed by atoms with Gasteiger partial charge in [-0.15, -0.1) is 0 Å². The molecular weight excluding hydrogens is 410 g/mol. The molecule has 0 saturated carbocycles. The summed E-state index contributed by atoms with van der Waals surface area (Å²) in [6.07, 6.45) is -4.29. The smallest absolute Gasteiger partial charge is 0.304 e. The Morgan fingerprint density at radius 2 is 1.90 bits per heavy atom. The van der Waals surface area contributed by atoms with E-state index in [0.717, 1.165) is 22.1 Å². The molecule has 2 heterocycles. The van der Waals surface area contributed by atoms with E-state index in [-0.39, 0.29) is 30.4 Å². The van der Waals surface area contributed by atoms with Gasteiger partial charge in [0, 0.05) is 38.5 Å². The van der Waals surface area contributed by atoms with Gasteiger partial charge in [0.15, 0.2) is 5.78 Å². The summed E-state index contributed by atoms with van der Waals surface area (Å²) in [4.78, 5) is 18.2. The van der Waals surface area contributed by atoms with Crippen LogP contribution in [0, 0.1) is 5.82 Å². The van der Waals surface area contributed by atoms with Crippen LogP contribution in [-0.4, -0.2) is 47.5 Å². The van der Waals surface area contributed by atoms with Crippen molar-refractivity contribution in [3.8, 4) is 11.1 Å². The average molecular weight is 431 g/mol. The third kappa shape index (κ3) is 4.75. The van der Waals surface area contributed by atoms with Crippen LogP contribution in [0.3, 0.4) is 0 Å². The van der Waals surface area contributed by atoms with E-state index in [1.54, 1.807) is 29.2 Å². The second-order valence-corrected chi connectivity index (χ2v) is 7.75. The molecule has 31 heavy (non-hydrogen) atoms. The van der Waals surface area contributed by atoms with Crippen molar-refractivity contribution in [2.45, 2.75) is 25.7 Å². The Bertz CT molecular complexity index is 1110. The van der Waals surface area contributed by atoms with E-state index in [1.807, 2.05) is 12.1 Å². The average Bonchev–Trinajstić information content (AvgIpc) is 2.73. The Morgan fingerprint density at radius 3 is 2.58 bits per heavy atom. The minimum absolute atomic E-state index is 0.122. The quantitative estimate of drug-likeness (QED) is 0.485. The molecule has 1 aromatic heterocycles. The summed E-state index contributed by atoms with van der Waals surface area (Å²) in [6.45, 7) is 2.42. The monoisotopic (exact) mass is 431 g/mol. The predicted molar refractivity (Wildman–Crippen MR) is 110 cm³/mol. The number of piperazine rings is 1. The molecule has 0 amide bonds. The lowest BCUT2D eigenvalue weighted by Gasteiger charge is -2.34. The van der Waals surface area contributed by atoms with Crippen LogP contribution in [0.2, 0.25) is 0 Å². The van der Waals surface area contributed by atoms with Crippen molar-refractivity contribution < 1.29 is 22.4 Å². The fraction of sp³-hybridized carbons (Fsp3) is 0.304. The van der Waals surface area contributed by atoms with Crippen molar-refractivity contribution in [2.75, 3.05) is 19.6 Å². The number of carbonyl (C=O) groups is 1. The van der Waals surface area contributed by atoms with Crippen LogP contribution in [0.5, 0.6) is 0 Å². The van der Waals surface area contributed by atoms with Gasteiger partial charge >= 0.3 is 6.18 Å². The minimum atomic E-state index is -4.29. The van der Waals surface area contributed by atoms with E-state index in [2.05, 4.69) is 10.3 Å². The van der Waals surface area contributed by atoms with Crippen LogP contribution in [0.1, 0.15) is 23.0 Å². The molecule has 1 aliphatic heterocycles. The SMILES string of the molecule is CC(=O)c1cc(-c2ccc(F)cc2)c2ccc(CN3CCNC(C(F)(F)F)C3)cc2n1. The number of ketones is 1. The molecule has 162 valence electrons. The Labute approximate surface area is 176 Å². The zero-order valence-electron chi connectivity index (χ0n) is 16.8. The zero-order chi connectivity index (χ0) is 22.2. The van der Waals surface area contributed by atoms with Gasteiger partial charge in [-0.3, -0.25) is 9.69 Å². The molecule has 8 heteroatoms. The zero-order valence-corrected chi connectivity index (χ0v) is 16.8. The lowest BCUT2D eigenvalue weighted by molar-refractivity contribution is -0.165. The Balaban J connectivity index is 1.68. The van der Waals surface area contributed by atoms with Crippen LogP contribution in [0.25, 0.3) is 22.0 Å². The predicted octanol–water partition coefficient (Wildman–Crippen LogP) is 4.58. The molecule has 2 aromatic carbocycles. The van der Waals surface area contributed by atoms with Crippen LogP contribution in [0.4, 0.5) is 17.6 Å². The summed E-state index contributed by atoms with van der Waals surface area (Å²) in [6, 6.07) is 11.6. The Morgan fingerprint density at radius 1 is 1.16 bits per heavy atom. The number of benzene rings is 2. The maximum absolute atomic E-state index is 13.4. The van der Waals surface area contributed by atoms with Gasteiger partial charge in [0.05, 0.1) is 5.52 Å². The first kappa shape index (κ1) is 21.4. The number of hydrogen-bond donors (Lipinski definition) is 1. The molecule has 0 aliphatic carbocycles. The minimum Gasteiger partial charge on any atom is -0.304 e. The first-order chi connectivity index (χ1) is 14.7. The van der Waals surface area contributed by atoms with Gasteiger partial charge in [-0.2, -0.15) is 13.2 Å². The van der Waals surface area contributed by atoms with E-state index < -0.39 is 12.2 Å². The standard InChI is InChI=1S/C23H21F4N3O/c1-14(31)20-11-19(16-3-5-17(24)6-4-16)18-7-2-15(10-21(18)29-20)12-30-9-8-28-22(13-30)23(25,26)27/h2-7,10-11,22,28H,8-9,12-13H2,1H3. The topological polar surface area (TPSA) is 45.2 Å². The number of carbonyl (C=O) groups excluding carboxylic acids is 1. The molecule has 0 radical (unpaired) electrons. The first-order valence-electron chi connectivity index (χ1n) is 9.94. The van der Waals surface area contributed by atoms with E-state index >= 15 is 0 Å². The summed E-state index contributed by atoms with van der Waals surface area (Å²) in [5.74, 6) is -0.560. The van der Waals surface area contributed by atoms with E-state index in [4.69, 9.17) is 0 Å². The molecular formula is C23H21F4N3O. The van der Waals surface area contributed by atoms with E-state index in [9.17, 15) is 22.4 Å². The number of fused-ring (bicyclic) bond motifs is 1. The van der Waals surface area contributed by atoms with Crippen molar-refractivity contribution in [3.05, 3.63) is 65.6 Å². The lowest BCUT2D eigenvalue weighted by Crippen LogP contribution is -2.56. The molecule has 1 aliphatic rings. The molecule has 0 bridgehead atoms. The molecule has 3 aromatic rings. The van der Waals surface area contributed by atoms with Gasteiger partial charge in [0.2, 0.25) is 0 Å². The molecule has 1 unspecified atom stereocenters.